The van der Waals surface area contributed by atoms with Gasteiger partial charge in [-0.1, -0.05) is 20.8 Å². The van der Waals surface area contributed by atoms with Gasteiger partial charge >= 0.3 is 5.97 Å². The molecule has 7 atom stereocenters. The quantitative estimate of drug-likeness (QED) is 0.159. The Morgan fingerprint density at radius 3 is 2.00 bits per heavy atom. The maximum Gasteiger partial charge on any atom is 0.305 e. The smallest absolute Gasteiger partial charge is 0.305 e. The standard InChI is InChI=1S/C28H48O10/c1-7-26(4)33-17-21(35-26)24-25(22-18-34-28(6,36-22)16-20(2)3)38-27(5,37-24)13-12-23(30)32-15-11-9-8-10-14-31-19-29/h19-22,24-25H,7-18H2,1-6H3. The van der Waals surface area contributed by atoms with Crippen LogP contribution >= 0.6 is 0 Å². The van der Waals surface area contributed by atoms with Crippen molar-refractivity contribution in [3.05, 3.63) is 0 Å². The van der Waals surface area contributed by atoms with E-state index in [0.29, 0.717) is 51.7 Å². The number of carbonyl (C=O) groups excluding carboxylic acids is 2. The molecule has 3 aliphatic rings. The van der Waals surface area contributed by atoms with Crippen molar-refractivity contribution in [2.75, 3.05) is 26.4 Å². The van der Waals surface area contributed by atoms with Crippen LogP contribution in [0.1, 0.15) is 92.9 Å². The Morgan fingerprint density at radius 1 is 0.868 bits per heavy atom. The van der Waals surface area contributed by atoms with Gasteiger partial charge in [-0.2, -0.15) is 0 Å². The Morgan fingerprint density at radius 2 is 1.45 bits per heavy atom. The van der Waals surface area contributed by atoms with Crippen LogP contribution in [-0.2, 0) is 47.5 Å². The molecule has 0 aromatic heterocycles. The summed E-state index contributed by atoms with van der Waals surface area (Å²) in [6, 6.07) is 0. The van der Waals surface area contributed by atoms with Crippen molar-refractivity contribution in [3.8, 4) is 0 Å². The highest BCUT2D eigenvalue weighted by atomic mass is 16.8. The minimum atomic E-state index is -0.998. The topological polar surface area (TPSA) is 108 Å². The highest BCUT2D eigenvalue weighted by Gasteiger charge is 2.56. The third-order valence-electron chi connectivity index (χ3n) is 7.43. The normalized spacial score (nSPS) is 37.1. The Hall–Kier alpha value is -1.30. The van der Waals surface area contributed by atoms with Gasteiger partial charge in [0.1, 0.15) is 24.4 Å². The monoisotopic (exact) mass is 544 g/mol. The molecule has 3 rings (SSSR count). The van der Waals surface area contributed by atoms with Gasteiger partial charge in [-0.25, -0.2) is 0 Å². The molecular weight excluding hydrogens is 496 g/mol. The number of carbonyl (C=O) groups is 2. The number of esters is 1. The van der Waals surface area contributed by atoms with Crippen molar-refractivity contribution >= 4 is 12.4 Å². The van der Waals surface area contributed by atoms with Crippen LogP contribution in [0.4, 0.5) is 0 Å². The van der Waals surface area contributed by atoms with E-state index in [9.17, 15) is 9.59 Å². The lowest BCUT2D eigenvalue weighted by molar-refractivity contribution is -0.198. The molecule has 0 aromatic rings. The summed E-state index contributed by atoms with van der Waals surface area (Å²) in [6.07, 6.45) is 3.89. The molecular formula is C28H48O10. The lowest BCUT2D eigenvalue weighted by Crippen LogP contribution is -2.45. The summed E-state index contributed by atoms with van der Waals surface area (Å²) in [5.41, 5.74) is 0. The third kappa shape index (κ3) is 8.86. The van der Waals surface area contributed by atoms with E-state index in [1.165, 1.54) is 0 Å². The van der Waals surface area contributed by atoms with Crippen LogP contribution in [0.15, 0.2) is 0 Å². The Labute approximate surface area is 227 Å². The van der Waals surface area contributed by atoms with Gasteiger partial charge in [0.2, 0.25) is 0 Å². The average molecular weight is 545 g/mol. The molecule has 0 radical (unpaired) electrons. The van der Waals surface area contributed by atoms with Crippen molar-refractivity contribution < 1.29 is 47.5 Å². The molecule has 0 aliphatic carbocycles. The van der Waals surface area contributed by atoms with E-state index < -0.39 is 29.6 Å². The average Bonchev–Trinajstić information content (AvgIpc) is 3.54. The third-order valence-corrected chi connectivity index (χ3v) is 7.43. The first-order valence-electron chi connectivity index (χ1n) is 14.2. The number of hydrogen-bond donors (Lipinski definition) is 0. The van der Waals surface area contributed by atoms with E-state index in [1.807, 2.05) is 27.7 Å². The van der Waals surface area contributed by atoms with Crippen molar-refractivity contribution in [2.24, 2.45) is 5.92 Å². The first-order chi connectivity index (χ1) is 18.0. The van der Waals surface area contributed by atoms with Crippen LogP contribution < -0.4 is 0 Å². The van der Waals surface area contributed by atoms with Gasteiger partial charge in [0.05, 0.1) is 32.8 Å². The van der Waals surface area contributed by atoms with Crippen LogP contribution in [0.25, 0.3) is 0 Å². The fourth-order valence-electron chi connectivity index (χ4n) is 5.36. The molecule has 0 N–H and O–H groups in total. The zero-order valence-electron chi connectivity index (χ0n) is 24.0. The van der Waals surface area contributed by atoms with Crippen LogP contribution in [0, 0.1) is 5.92 Å². The molecule has 0 saturated carbocycles. The van der Waals surface area contributed by atoms with Gasteiger partial charge in [-0.05, 0) is 58.8 Å². The van der Waals surface area contributed by atoms with Crippen molar-refractivity contribution in [3.63, 3.8) is 0 Å². The number of unbranched alkanes of at least 4 members (excludes halogenated alkanes) is 3. The SMILES string of the molecule is CCC1(C)OCC(C2OC(C)(CCC(=O)OCCCCCCOC=O)OC2C2COC(C)(CC(C)C)O2)O1. The second kappa shape index (κ2) is 13.9. The van der Waals surface area contributed by atoms with Crippen LogP contribution in [0.2, 0.25) is 0 Å². The Kier molecular flexibility index (Phi) is 11.4. The summed E-state index contributed by atoms with van der Waals surface area (Å²) < 4.78 is 47.7. The van der Waals surface area contributed by atoms with E-state index in [0.717, 1.165) is 32.1 Å². The lowest BCUT2D eigenvalue weighted by atomic mass is 10.0. The van der Waals surface area contributed by atoms with Crippen molar-refractivity contribution in [2.45, 2.75) is 135 Å². The highest BCUT2D eigenvalue weighted by Crippen LogP contribution is 2.43. The van der Waals surface area contributed by atoms with Crippen LogP contribution in [0.3, 0.4) is 0 Å². The Bertz CT molecular complexity index is 762. The van der Waals surface area contributed by atoms with Gasteiger partial charge in [0, 0.05) is 12.8 Å². The minimum absolute atomic E-state index is 0.172. The van der Waals surface area contributed by atoms with Gasteiger partial charge in [-0.3, -0.25) is 9.59 Å². The largest absolute Gasteiger partial charge is 0.468 e. The first kappa shape index (κ1) is 31.2. The van der Waals surface area contributed by atoms with Crippen molar-refractivity contribution in [1.82, 2.24) is 0 Å². The molecule has 10 nitrogen and oxygen atoms in total. The van der Waals surface area contributed by atoms with E-state index in [-0.39, 0.29) is 24.6 Å². The molecule has 3 aliphatic heterocycles. The molecule has 3 saturated heterocycles. The maximum absolute atomic E-state index is 12.4. The molecule has 0 aromatic carbocycles. The lowest BCUT2D eigenvalue weighted by Gasteiger charge is -2.29. The zero-order chi connectivity index (χ0) is 27.8. The van der Waals surface area contributed by atoms with Gasteiger partial charge in [0.25, 0.3) is 6.47 Å². The van der Waals surface area contributed by atoms with E-state index in [1.54, 1.807) is 0 Å². The van der Waals surface area contributed by atoms with Crippen LogP contribution in [-0.4, -0.2) is 80.6 Å². The van der Waals surface area contributed by atoms with Gasteiger partial charge in [0.15, 0.2) is 17.4 Å². The predicted octanol–water partition coefficient (Wildman–Crippen LogP) is 4.26. The zero-order valence-corrected chi connectivity index (χ0v) is 24.0. The molecule has 0 amide bonds. The Balaban J connectivity index is 1.53. The molecule has 3 heterocycles. The highest BCUT2D eigenvalue weighted by molar-refractivity contribution is 5.69. The number of hydrogen-bond acceptors (Lipinski definition) is 10. The molecule has 3 fully saturated rings. The first-order valence-corrected chi connectivity index (χ1v) is 14.2. The number of rotatable bonds is 16. The summed E-state index contributed by atoms with van der Waals surface area (Å²) >= 11 is 0. The van der Waals surface area contributed by atoms with Gasteiger partial charge in [-0.15, -0.1) is 0 Å². The summed E-state index contributed by atoms with van der Waals surface area (Å²) in [4.78, 5) is 22.6. The predicted molar refractivity (Wildman–Crippen MR) is 137 cm³/mol. The van der Waals surface area contributed by atoms with E-state index >= 15 is 0 Å². The van der Waals surface area contributed by atoms with Crippen molar-refractivity contribution in [1.29, 1.82) is 0 Å². The summed E-state index contributed by atoms with van der Waals surface area (Å²) in [5.74, 6) is -2.21. The second-order valence-electron chi connectivity index (χ2n) is 11.6. The molecule has 10 heteroatoms. The molecule has 0 spiro atoms. The molecule has 38 heavy (non-hydrogen) atoms. The van der Waals surface area contributed by atoms with E-state index in [2.05, 4.69) is 18.6 Å². The summed E-state index contributed by atoms with van der Waals surface area (Å²) in [7, 11) is 0. The van der Waals surface area contributed by atoms with Crippen LogP contribution in [0.5, 0.6) is 0 Å². The number of ether oxygens (including phenoxy) is 8. The summed E-state index contributed by atoms with van der Waals surface area (Å²) in [5, 5.41) is 0. The van der Waals surface area contributed by atoms with Gasteiger partial charge < -0.3 is 37.9 Å². The molecule has 0 bridgehead atoms. The molecule has 220 valence electrons. The molecule has 7 unspecified atom stereocenters. The van der Waals surface area contributed by atoms with E-state index in [4.69, 9.17) is 33.2 Å². The second-order valence-corrected chi connectivity index (χ2v) is 11.6. The summed E-state index contributed by atoms with van der Waals surface area (Å²) in [6.45, 7) is 14.1. The maximum atomic E-state index is 12.4. The fraction of sp³-hybridized carbons (Fsp3) is 0.929. The minimum Gasteiger partial charge on any atom is -0.468 e. The fourth-order valence-corrected chi connectivity index (χ4v) is 5.36.